The number of aliphatic hydroxyl groups is 2. The van der Waals surface area contributed by atoms with Crippen LogP contribution in [0.5, 0.6) is 0 Å². The van der Waals surface area contributed by atoms with E-state index in [0.29, 0.717) is 30.3 Å². The van der Waals surface area contributed by atoms with Crippen LogP contribution in [0.1, 0.15) is 76.0 Å². The Balaban J connectivity index is 0.00000357. The number of pyridine rings is 1. The average molecular weight is 697 g/mol. The van der Waals surface area contributed by atoms with Gasteiger partial charge < -0.3 is 26.3 Å². The summed E-state index contributed by atoms with van der Waals surface area (Å²) in [4.78, 5) is 28.3. The van der Waals surface area contributed by atoms with Gasteiger partial charge in [0.2, 0.25) is 5.91 Å². The molecular formula is C34H42ClCoN4O4S-. The largest absolute Gasteiger partial charge is 0.495 e. The molecule has 0 spiro atoms. The minimum Gasteiger partial charge on any atom is -0.495 e. The SMILES string of the molecule is CC1=NC2C(C[C@@H](N3CC[CH-]CC3)CC2(C)C)C(=O)N1CCOC1=C(c2cc(C)nc3c(C(O)O)csc23)C=C(Cl)C2CC12.[Co]. The number of fused-ring (bicyclic) bond motifs is 3. The van der Waals surface area contributed by atoms with Gasteiger partial charge in [0.1, 0.15) is 18.2 Å². The van der Waals surface area contributed by atoms with Gasteiger partial charge in [0.25, 0.3) is 0 Å². The number of carbonyl (C=O) groups excluding carboxylic acids is 1. The number of hydrogen-bond acceptors (Lipinski definition) is 8. The number of amidine groups is 1. The molecule has 5 aliphatic rings. The van der Waals surface area contributed by atoms with Crippen LogP contribution in [0.15, 0.2) is 33.3 Å². The Morgan fingerprint density at radius 2 is 1.93 bits per heavy atom. The standard InChI is InChI=1S/C34H42ClN4O4S.Co/c1-18-12-24(30-28(36-18)26(17-44-30)33(41)42)23-15-27(35)21-14-22(21)29(23)43-11-10-39-19(2)37-31-25(32(39)40)13-20(16-34(31,3)4)38-8-6-5-7-9-38;/h5,12,15,17,20-22,25,31,33,41-42H,6-11,13-14,16H2,1-4H3;/q-1;/t20-,21?,22?,25?,31?;/m1./s1. The third kappa shape index (κ3) is 6.05. The van der Waals surface area contributed by atoms with Gasteiger partial charge in [0.05, 0.1) is 28.7 Å². The molecule has 3 fully saturated rings. The molecular weight excluding hydrogens is 655 g/mol. The van der Waals surface area contributed by atoms with E-state index in [1.54, 1.807) is 5.38 Å². The number of thiophene rings is 1. The molecule has 2 aliphatic heterocycles. The molecule has 8 nitrogen and oxygen atoms in total. The molecule has 2 aromatic rings. The fourth-order valence-corrected chi connectivity index (χ4v) is 9.48. The maximum atomic E-state index is 14.1. The van der Waals surface area contributed by atoms with Crippen molar-refractivity contribution in [3.63, 3.8) is 0 Å². The van der Waals surface area contributed by atoms with Crippen molar-refractivity contribution in [2.75, 3.05) is 26.2 Å². The number of aliphatic imine (C=N–C) groups is 1. The number of likely N-dealkylation sites (tertiary alicyclic amines) is 1. The predicted octanol–water partition coefficient (Wildman–Crippen LogP) is 5.82. The molecule has 1 radical (unpaired) electrons. The normalized spacial score (nSPS) is 29.6. The molecule has 5 atom stereocenters. The Labute approximate surface area is 284 Å². The summed E-state index contributed by atoms with van der Waals surface area (Å²) in [6.45, 7) is 11.4. The van der Waals surface area contributed by atoms with Crippen molar-refractivity contribution in [2.45, 2.75) is 78.2 Å². The monoisotopic (exact) mass is 696 g/mol. The van der Waals surface area contributed by atoms with Gasteiger partial charge in [-0.15, -0.1) is 11.3 Å². The molecule has 2 saturated carbocycles. The molecule has 1 saturated heterocycles. The summed E-state index contributed by atoms with van der Waals surface area (Å²) in [5.74, 6) is 2.21. The zero-order valence-electron chi connectivity index (χ0n) is 26.3. The molecule has 4 unspecified atom stereocenters. The second-order valence-electron chi connectivity index (χ2n) is 13.9. The Morgan fingerprint density at radius 3 is 2.67 bits per heavy atom. The first kappa shape index (κ1) is 33.1. The molecule has 2 N–H and O–H groups in total. The van der Waals surface area contributed by atoms with Gasteiger partial charge in [-0.2, -0.15) is 12.8 Å². The Kier molecular flexibility index (Phi) is 9.33. The number of aryl methyl sites for hydroxylation is 1. The van der Waals surface area contributed by atoms with Crippen LogP contribution in [0, 0.1) is 36.5 Å². The number of carbonyl (C=O) groups is 1. The first-order valence-electron chi connectivity index (χ1n) is 15.9. The molecule has 45 heavy (non-hydrogen) atoms. The van der Waals surface area contributed by atoms with Crippen LogP contribution in [0.2, 0.25) is 0 Å². The van der Waals surface area contributed by atoms with Crippen molar-refractivity contribution >= 4 is 50.5 Å². The number of halogens is 1. The fourth-order valence-electron chi connectivity index (χ4n) is 8.08. The number of piperidine rings is 1. The topological polar surface area (TPSA) is 98.5 Å². The van der Waals surface area contributed by atoms with Crippen molar-refractivity contribution in [3.8, 4) is 0 Å². The molecule has 0 aromatic carbocycles. The number of allylic oxidation sites excluding steroid dienone is 4. The van der Waals surface area contributed by atoms with Crippen LogP contribution < -0.4 is 0 Å². The van der Waals surface area contributed by atoms with Crippen LogP contribution in [0.3, 0.4) is 0 Å². The van der Waals surface area contributed by atoms with E-state index in [1.807, 2.05) is 30.9 Å². The number of nitrogens with zero attached hydrogens (tertiary/aromatic N) is 4. The number of hydrogen-bond donors (Lipinski definition) is 2. The maximum Gasteiger partial charge on any atom is 0.233 e. The van der Waals surface area contributed by atoms with Gasteiger partial charge in [0, 0.05) is 67.5 Å². The van der Waals surface area contributed by atoms with Gasteiger partial charge in [-0.05, 0) is 63.8 Å². The minimum atomic E-state index is -1.59. The van der Waals surface area contributed by atoms with Crippen molar-refractivity contribution in [3.05, 3.63) is 51.6 Å². The van der Waals surface area contributed by atoms with E-state index >= 15 is 0 Å². The Morgan fingerprint density at radius 1 is 1.18 bits per heavy atom. The molecule has 3 aliphatic carbocycles. The summed E-state index contributed by atoms with van der Waals surface area (Å²) in [6.07, 6.45) is 7.91. The van der Waals surface area contributed by atoms with Crippen LogP contribution >= 0.6 is 22.9 Å². The summed E-state index contributed by atoms with van der Waals surface area (Å²) >= 11 is 8.16. The van der Waals surface area contributed by atoms with E-state index in [4.69, 9.17) is 21.3 Å². The predicted molar refractivity (Wildman–Crippen MR) is 174 cm³/mol. The van der Waals surface area contributed by atoms with Gasteiger partial charge in [-0.25, -0.2) is 0 Å². The smallest absolute Gasteiger partial charge is 0.233 e. The summed E-state index contributed by atoms with van der Waals surface area (Å²) in [7, 11) is 0. The zero-order valence-corrected chi connectivity index (χ0v) is 28.9. The number of ether oxygens (including phenoxy) is 1. The van der Waals surface area contributed by atoms with Gasteiger partial charge >= 0.3 is 0 Å². The molecule has 0 bridgehead atoms. The molecule has 245 valence electrons. The number of amides is 1. The Bertz CT molecular complexity index is 1580. The van der Waals surface area contributed by atoms with E-state index in [-0.39, 0.29) is 51.9 Å². The quantitative estimate of drug-likeness (QED) is 0.280. The summed E-state index contributed by atoms with van der Waals surface area (Å²) < 4.78 is 7.46. The fraction of sp³-hybridized carbons (Fsp3) is 0.588. The van der Waals surface area contributed by atoms with Gasteiger partial charge in [-0.1, -0.05) is 25.4 Å². The maximum absolute atomic E-state index is 14.1. The molecule has 11 heteroatoms. The van der Waals surface area contributed by atoms with Crippen molar-refractivity contribution < 1.29 is 36.5 Å². The third-order valence-electron chi connectivity index (χ3n) is 10.4. The zero-order chi connectivity index (χ0) is 30.9. The third-order valence-corrected chi connectivity index (χ3v) is 11.8. The van der Waals surface area contributed by atoms with Crippen molar-refractivity contribution in [2.24, 2.45) is 28.2 Å². The van der Waals surface area contributed by atoms with Crippen molar-refractivity contribution in [1.29, 1.82) is 0 Å². The van der Waals surface area contributed by atoms with Crippen molar-refractivity contribution in [1.82, 2.24) is 14.8 Å². The van der Waals surface area contributed by atoms with Crippen LogP contribution in [-0.2, 0) is 26.3 Å². The summed E-state index contributed by atoms with van der Waals surface area (Å²) in [6, 6.07) is 2.44. The number of aromatic nitrogens is 1. The van der Waals surface area contributed by atoms with Gasteiger partial charge in [0.15, 0.2) is 6.29 Å². The molecule has 7 rings (SSSR count). The van der Waals surface area contributed by atoms with E-state index in [2.05, 4.69) is 30.2 Å². The number of aliphatic hydroxyl groups excluding tert-OH is 1. The first-order valence-corrected chi connectivity index (χ1v) is 17.2. The first-order chi connectivity index (χ1) is 21.0. The average Bonchev–Trinajstić information content (AvgIpc) is 3.68. The molecule has 4 heterocycles. The Hall–Kier alpha value is -1.79. The van der Waals surface area contributed by atoms with E-state index in [1.165, 1.54) is 11.3 Å². The minimum absolute atomic E-state index is 0. The van der Waals surface area contributed by atoms with E-state index < -0.39 is 6.29 Å². The number of rotatable bonds is 7. The second kappa shape index (κ2) is 12.7. The molecule has 1 amide bonds. The van der Waals surface area contributed by atoms with Crippen LogP contribution in [-0.4, -0.2) is 75.1 Å². The second-order valence-corrected chi connectivity index (χ2v) is 15.2. The summed E-state index contributed by atoms with van der Waals surface area (Å²) in [5, 5.41) is 22.4. The van der Waals surface area contributed by atoms with Crippen LogP contribution in [0.25, 0.3) is 15.8 Å². The van der Waals surface area contributed by atoms with Crippen LogP contribution in [0.4, 0.5) is 0 Å². The summed E-state index contributed by atoms with van der Waals surface area (Å²) in [5.41, 5.74) is 3.57. The van der Waals surface area contributed by atoms with E-state index in [0.717, 1.165) is 83.4 Å². The van der Waals surface area contributed by atoms with Gasteiger partial charge in [-0.3, -0.25) is 19.7 Å². The molecule has 2 aromatic heterocycles. The van der Waals surface area contributed by atoms with E-state index in [9.17, 15) is 15.0 Å².